The molecule has 0 atom stereocenters. The summed E-state index contributed by atoms with van der Waals surface area (Å²) in [5, 5.41) is 3.26. The van der Waals surface area contributed by atoms with Crippen molar-refractivity contribution in [3.63, 3.8) is 0 Å². The molecule has 0 amide bonds. The first-order chi connectivity index (χ1) is 11.5. The van der Waals surface area contributed by atoms with E-state index in [-0.39, 0.29) is 5.97 Å². The van der Waals surface area contributed by atoms with E-state index in [4.69, 9.17) is 4.74 Å². The summed E-state index contributed by atoms with van der Waals surface area (Å²) in [6.45, 7) is 10.7. The van der Waals surface area contributed by atoms with Crippen LogP contribution < -0.4 is 5.32 Å². The highest BCUT2D eigenvalue weighted by atomic mass is 16.5. The zero-order chi connectivity index (χ0) is 17.8. The molecule has 6 heteroatoms. The molecule has 0 unspecified atom stereocenters. The number of nitrogens with one attached hydrogen (secondary N) is 1. The predicted molar refractivity (Wildman–Crippen MR) is 92.4 cm³/mol. The van der Waals surface area contributed by atoms with E-state index in [2.05, 4.69) is 15.0 Å². The highest BCUT2D eigenvalue weighted by molar-refractivity contribution is 5.79. The van der Waals surface area contributed by atoms with Crippen LogP contribution in [0.4, 0.5) is 0 Å². The van der Waals surface area contributed by atoms with Crippen molar-refractivity contribution in [2.75, 3.05) is 32.8 Å². The van der Waals surface area contributed by atoms with Crippen molar-refractivity contribution in [3.05, 3.63) is 35.9 Å². The summed E-state index contributed by atoms with van der Waals surface area (Å²) in [6, 6.07) is 9.55. The first-order valence-electron chi connectivity index (χ1n) is 8.24. The largest absolute Gasteiger partial charge is 0.465 e. The number of rotatable bonds is 6. The average molecular weight is 336 g/mol. The summed E-state index contributed by atoms with van der Waals surface area (Å²) in [7, 11) is 0. The van der Waals surface area contributed by atoms with Crippen molar-refractivity contribution in [3.8, 4) is 0 Å². The van der Waals surface area contributed by atoms with Gasteiger partial charge in [-0.15, -0.1) is 0 Å². The number of hydrogen-bond donors (Lipinski definition) is 1. The molecule has 6 nitrogen and oxygen atoms in total. The van der Waals surface area contributed by atoms with Gasteiger partial charge in [-0.2, -0.15) is 0 Å². The Morgan fingerprint density at radius 3 is 2.42 bits per heavy atom. The van der Waals surface area contributed by atoms with E-state index in [1.807, 2.05) is 51.1 Å². The lowest BCUT2D eigenvalue weighted by Crippen LogP contribution is -2.57. The van der Waals surface area contributed by atoms with Crippen LogP contribution in [0.2, 0.25) is 0 Å². The fourth-order valence-electron chi connectivity index (χ4n) is 2.37. The molecule has 0 aromatic heterocycles. The van der Waals surface area contributed by atoms with E-state index >= 15 is 0 Å². The van der Waals surface area contributed by atoms with Crippen molar-refractivity contribution in [1.82, 2.24) is 10.2 Å². The van der Waals surface area contributed by atoms with Gasteiger partial charge in [-0.25, -0.2) is 0 Å². The Morgan fingerprint density at radius 1 is 1.25 bits per heavy atom. The number of carbonyl (C=O) groups is 2. The quantitative estimate of drug-likeness (QED) is 0.629. The summed E-state index contributed by atoms with van der Waals surface area (Å²) >= 11 is 0. The second kappa shape index (κ2) is 10.8. The molecule has 1 aliphatic rings. The number of hydrogen-bond acceptors (Lipinski definition) is 6. The second-order valence-electron chi connectivity index (χ2n) is 5.91. The molecule has 1 N–H and O–H groups in total. The van der Waals surface area contributed by atoms with E-state index in [9.17, 15) is 9.59 Å². The summed E-state index contributed by atoms with van der Waals surface area (Å²) in [5.41, 5.74) is 0.521. The Balaban J connectivity index is 0.000000254. The molecular formula is C18H28N2O4. The molecule has 1 aromatic rings. The molecule has 134 valence electrons. The minimum absolute atomic E-state index is 0.123. The lowest BCUT2D eigenvalue weighted by molar-refractivity contribution is -0.156. The number of benzene rings is 1. The predicted octanol–water partition coefficient (Wildman–Crippen LogP) is 1.59. The van der Waals surface area contributed by atoms with E-state index in [0.717, 1.165) is 31.7 Å². The number of ether oxygens (including phenoxy) is 2. The molecule has 0 aliphatic carbocycles. The van der Waals surface area contributed by atoms with Crippen molar-refractivity contribution < 1.29 is 19.1 Å². The molecule has 1 heterocycles. The molecule has 0 bridgehead atoms. The van der Waals surface area contributed by atoms with Crippen molar-refractivity contribution in [1.29, 1.82) is 0 Å². The fraction of sp³-hybridized carbons (Fsp3) is 0.556. The molecule has 1 aliphatic heterocycles. The minimum Gasteiger partial charge on any atom is -0.465 e. The number of piperazine rings is 1. The normalized spacial score (nSPS) is 15.0. The first-order valence-corrected chi connectivity index (χ1v) is 8.24. The fourth-order valence-corrected chi connectivity index (χ4v) is 2.37. The molecular weight excluding hydrogens is 308 g/mol. The third-order valence-corrected chi connectivity index (χ3v) is 3.84. The lowest BCUT2D eigenvalue weighted by Gasteiger charge is -2.38. The summed E-state index contributed by atoms with van der Waals surface area (Å²) < 4.78 is 9.60. The highest BCUT2D eigenvalue weighted by Crippen LogP contribution is 2.16. The number of carbonyl (C=O) groups excluding carboxylic acids is 2. The Kier molecular flexibility index (Phi) is 9.04. The van der Waals surface area contributed by atoms with Crippen LogP contribution in [0.3, 0.4) is 0 Å². The van der Waals surface area contributed by atoms with E-state index < -0.39 is 5.54 Å². The van der Waals surface area contributed by atoms with Crippen LogP contribution in [-0.4, -0.2) is 55.7 Å². The average Bonchev–Trinajstić information content (AvgIpc) is 2.62. The molecule has 1 fully saturated rings. The standard InChI is InChI=1S/C10H20N2O2.C8H8O2/c1-4-14-9(13)10(2,3)12-7-5-11-6-8-12;9-7-10-6-8-4-2-1-3-5-8/h11H,4-8H2,1-3H3;1-5,7H,6H2. The topological polar surface area (TPSA) is 67.9 Å². The lowest BCUT2D eigenvalue weighted by atomic mass is 10.0. The van der Waals surface area contributed by atoms with Crippen molar-refractivity contribution >= 4 is 12.4 Å². The van der Waals surface area contributed by atoms with Crippen LogP contribution in [0, 0.1) is 0 Å². The molecule has 24 heavy (non-hydrogen) atoms. The molecule has 0 radical (unpaired) electrons. The van der Waals surface area contributed by atoms with Gasteiger partial charge >= 0.3 is 5.97 Å². The summed E-state index contributed by atoms with van der Waals surface area (Å²) in [4.78, 5) is 23.6. The maximum absolute atomic E-state index is 11.7. The van der Waals surface area contributed by atoms with Gasteiger partial charge in [0.2, 0.25) is 0 Å². The third kappa shape index (κ3) is 6.68. The highest BCUT2D eigenvalue weighted by Gasteiger charge is 2.36. The van der Waals surface area contributed by atoms with Crippen molar-refractivity contribution in [2.24, 2.45) is 0 Å². The van der Waals surface area contributed by atoms with Gasteiger partial charge in [-0.1, -0.05) is 30.3 Å². The van der Waals surface area contributed by atoms with Crippen molar-refractivity contribution in [2.45, 2.75) is 32.9 Å². The Hall–Kier alpha value is -1.92. The summed E-state index contributed by atoms with van der Waals surface area (Å²) in [6.07, 6.45) is 0. The number of esters is 1. The molecule has 1 aromatic carbocycles. The SMILES string of the molecule is CCOC(=O)C(C)(C)N1CCNCC1.O=COCc1ccccc1. The number of nitrogens with zero attached hydrogens (tertiary/aromatic N) is 1. The van der Waals surface area contributed by atoms with Crippen LogP contribution in [-0.2, 0) is 25.7 Å². The first kappa shape index (κ1) is 20.1. The van der Waals surface area contributed by atoms with Gasteiger partial charge in [0.05, 0.1) is 6.61 Å². The second-order valence-corrected chi connectivity index (χ2v) is 5.91. The smallest absolute Gasteiger partial charge is 0.325 e. The van der Waals surface area contributed by atoms with Crippen LogP contribution in [0.1, 0.15) is 26.3 Å². The monoisotopic (exact) mass is 336 g/mol. The van der Waals surface area contributed by atoms with Crippen LogP contribution in [0.25, 0.3) is 0 Å². The third-order valence-electron chi connectivity index (χ3n) is 3.84. The zero-order valence-corrected chi connectivity index (χ0v) is 14.8. The molecule has 2 rings (SSSR count). The minimum atomic E-state index is -0.488. The summed E-state index contributed by atoms with van der Waals surface area (Å²) in [5.74, 6) is -0.123. The van der Waals surface area contributed by atoms with Gasteiger partial charge in [0.15, 0.2) is 0 Å². The molecule has 0 saturated carbocycles. The van der Waals surface area contributed by atoms with Crippen LogP contribution in [0.5, 0.6) is 0 Å². The Labute approximate surface area is 144 Å². The van der Waals surface area contributed by atoms with Gasteiger partial charge in [0.1, 0.15) is 12.1 Å². The Bertz CT molecular complexity index is 485. The van der Waals surface area contributed by atoms with Gasteiger partial charge in [0, 0.05) is 26.2 Å². The maximum atomic E-state index is 11.7. The van der Waals surface area contributed by atoms with Crippen LogP contribution >= 0.6 is 0 Å². The van der Waals surface area contributed by atoms with Gasteiger partial charge in [-0.3, -0.25) is 14.5 Å². The van der Waals surface area contributed by atoms with Crippen LogP contribution in [0.15, 0.2) is 30.3 Å². The van der Waals surface area contributed by atoms with E-state index in [0.29, 0.717) is 19.7 Å². The van der Waals surface area contributed by atoms with Gasteiger partial charge in [-0.05, 0) is 26.3 Å². The maximum Gasteiger partial charge on any atom is 0.325 e. The van der Waals surface area contributed by atoms with E-state index in [1.54, 1.807) is 0 Å². The van der Waals surface area contributed by atoms with Gasteiger partial charge in [0.25, 0.3) is 6.47 Å². The van der Waals surface area contributed by atoms with E-state index in [1.165, 1.54) is 0 Å². The Morgan fingerprint density at radius 2 is 1.88 bits per heavy atom. The molecule has 0 spiro atoms. The molecule has 1 saturated heterocycles. The van der Waals surface area contributed by atoms with Gasteiger partial charge < -0.3 is 14.8 Å². The zero-order valence-electron chi connectivity index (χ0n) is 14.8.